The Morgan fingerprint density at radius 3 is 2.19 bits per heavy atom. The van der Waals surface area contributed by atoms with E-state index in [1.807, 2.05) is 13.8 Å². The van der Waals surface area contributed by atoms with Crippen molar-refractivity contribution in [2.45, 2.75) is 40.0 Å². The molecule has 1 heterocycles. The van der Waals surface area contributed by atoms with Gasteiger partial charge < -0.3 is 19.7 Å². The van der Waals surface area contributed by atoms with Gasteiger partial charge in [0.15, 0.2) is 0 Å². The number of rotatable bonds is 8. The molecule has 128 valence electrons. The molecule has 0 aromatic carbocycles. The van der Waals surface area contributed by atoms with Gasteiger partial charge in [-0.3, -0.25) is 4.79 Å². The molecule has 21 heavy (non-hydrogen) atoms. The van der Waals surface area contributed by atoms with Crippen molar-refractivity contribution in [2.24, 2.45) is 5.92 Å². The van der Waals surface area contributed by atoms with E-state index in [-0.39, 0.29) is 0 Å². The van der Waals surface area contributed by atoms with Crippen LogP contribution in [0.2, 0.25) is 0 Å². The molecule has 1 aliphatic heterocycles. The SMILES string of the molecule is CC.CCC1CCN(CCOCCOC)CC1.CNC=O. The fourth-order valence-electron chi connectivity index (χ4n) is 2.06. The van der Waals surface area contributed by atoms with Gasteiger partial charge >= 0.3 is 0 Å². The van der Waals surface area contributed by atoms with Crippen molar-refractivity contribution in [3.63, 3.8) is 0 Å². The Hall–Kier alpha value is -0.650. The van der Waals surface area contributed by atoms with Crippen molar-refractivity contribution in [1.82, 2.24) is 10.2 Å². The predicted molar refractivity (Wildman–Crippen MR) is 88.6 cm³/mol. The average Bonchev–Trinajstić information content (AvgIpc) is 2.57. The minimum absolute atomic E-state index is 0.625. The van der Waals surface area contributed by atoms with E-state index >= 15 is 0 Å². The quantitative estimate of drug-likeness (QED) is 0.551. The van der Waals surface area contributed by atoms with Crippen LogP contribution in [0.4, 0.5) is 0 Å². The highest BCUT2D eigenvalue weighted by Crippen LogP contribution is 2.19. The van der Waals surface area contributed by atoms with E-state index in [0.717, 1.165) is 25.7 Å². The Labute approximate surface area is 131 Å². The van der Waals surface area contributed by atoms with Crippen molar-refractivity contribution < 1.29 is 14.3 Å². The van der Waals surface area contributed by atoms with Crippen LogP contribution in [0.15, 0.2) is 0 Å². The van der Waals surface area contributed by atoms with Crippen LogP contribution in [0, 0.1) is 5.92 Å². The van der Waals surface area contributed by atoms with Gasteiger partial charge in [0.25, 0.3) is 0 Å². The summed E-state index contributed by atoms with van der Waals surface area (Å²) < 4.78 is 10.4. The van der Waals surface area contributed by atoms with E-state index in [0.29, 0.717) is 13.0 Å². The number of piperidine rings is 1. The van der Waals surface area contributed by atoms with E-state index in [1.165, 1.54) is 32.4 Å². The van der Waals surface area contributed by atoms with E-state index < -0.39 is 0 Å². The van der Waals surface area contributed by atoms with E-state index in [2.05, 4.69) is 17.1 Å². The maximum atomic E-state index is 9.06. The fraction of sp³-hybridized carbons (Fsp3) is 0.938. The molecular formula is C16H36N2O3. The van der Waals surface area contributed by atoms with Gasteiger partial charge in [-0.2, -0.15) is 0 Å². The van der Waals surface area contributed by atoms with Crippen molar-refractivity contribution >= 4 is 6.41 Å². The predicted octanol–water partition coefficient (Wildman–Crippen LogP) is 2.16. The fourth-order valence-corrected chi connectivity index (χ4v) is 2.06. The summed E-state index contributed by atoms with van der Waals surface area (Å²) in [5, 5.41) is 2.25. The number of likely N-dealkylation sites (tertiary alicyclic amines) is 1. The van der Waals surface area contributed by atoms with Crippen molar-refractivity contribution in [3.05, 3.63) is 0 Å². The van der Waals surface area contributed by atoms with Crippen LogP contribution in [0.1, 0.15) is 40.0 Å². The maximum Gasteiger partial charge on any atom is 0.206 e. The summed E-state index contributed by atoms with van der Waals surface area (Å²) in [6.07, 6.45) is 4.71. The van der Waals surface area contributed by atoms with E-state index in [4.69, 9.17) is 14.3 Å². The third kappa shape index (κ3) is 15.6. The third-order valence-corrected chi connectivity index (χ3v) is 3.39. The molecule has 0 unspecified atom stereocenters. The van der Waals surface area contributed by atoms with Crippen molar-refractivity contribution in [1.29, 1.82) is 0 Å². The molecule has 5 heteroatoms. The average molecular weight is 304 g/mol. The number of hydrogen-bond acceptors (Lipinski definition) is 4. The first kappa shape index (κ1) is 22.6. The summed E-state index contributed by atoms with van der Waals surface area (Å²) in [7, 11) is 3.27. The topological polar surface area (TPSA) is 50.8 Å². The molecule has 0 radical (unpaired) electrons. The van der Waals surface area contributed by atoms with Crippen LogP contribution in [-0.4, -0.2) is 64.9 Å². The molecule has 0 aromatic rings. The Bertz CT molecular complexity index is 196. The summed E-state index contributed by atoms with van der Waals surface area (Å²) in [6.45, 7) is 12.2. The number of ether oxygens (including phenoxy) is 2. The number of amides is 1. The number of carbonyl (C=O) groups is 1. The minimum atomic E-state index is 0.625. The maximum absolute atomic E-state index is 9.06. The lowest BCUT2D eigenvalue weighted by Crippen LogP contribution is -2.36. The molecule has 1 rings (SSSR count). The van der Waals surface area contributed by atoms with Crippen molar-refractivity contribution in [2.75, 3.05) is 53.6 Å². The second kappa shape index (κ2) is 19.4. The monoisotopic (exact) mass is 304 g/mol. The first-order chi connectivity index (χ1) is 10.3. The first-order valence-electron chi connectivity index (χ1n) is 8.18. The molecule has 0 aliphatic carbocycles. The van der Waals surface area contributed by atoms with Crippen LogP contribution in [0.25, 0.3) is 0 Å². The lowest BCUT2D eigenvalue weighted by atomic mass is 9.94. The lowest BCUT2D eigenvalue weighted by molar-refractivity contribution is -0.109. The molecule has 0 bridgehead atoms. The molecule has 1 saturated heterocycles. The molecule has 0 saturated carbocycles. The van der Waals surface area contributed by atoms with Gasteiger partial charge in [-0.05, 0) is 31.8 Å². The lowest BCUT2D eigenvalue weighted by Gasteiger charge is -2.31. The molecule has 1 fully saturated rings. The van der Waals surface area contributed by atoms with Gasteiger partial charge in [-0.15, -0.1) is 0 Å². The Balaban J connectivity index is 0. The van der Waals surface area contributed by atoms with Crippen LogP contribution in [0.3, 0.4) is 0 Å². The van der Waals surface area contributed by atoms with Crippen LogP contribution >= 0.6 is 0 Å². The molecule has 1 N–H and O–H groups in total. The summed E-state index contributed by atoms with van der Waals surface area (Å²) in [6, 6.07) is 0. The highest BCUT2D eigenvalue weighted by Gasteiger charge is 2.16. The van der Waals surface area contributed by atoms with Crippen molar-refractivity contribution in [3.8, 4) is 0 Å². The van der Waals surface area contributed by atoms with Crippen LogP contribution < -0.4 is 5.32 Å². The second-order valence-electron chi connectivity index (χ2n) is 4.70. The highest BCUT2D eigenvalue weighted by atomic mass is 16.5. The molecule has 0 atom stereocenters. The number of carbonyl (C=O) groups excluding carboxylic acids is 1. The van der Waals surface area contributed by atoms with E-state index in [1.54, 1.807) is 14.2 Å². The molecule has 0 aromatic heterocycles. The second-order valence-corrected chi connectivity index (χ2v) is 4.70. The Morgan fingerprint density at radius 2 is 1.76 bits per heavy atom. The summed E-state index contributed by atoms with van der Waals surface area (Å²) in [4.78, 5) is 11.6. The van der Waals surface area contributed by atoms with Crippen LogP contribution in [0.5, 0.6) is 0 Å². The zero-order chi connectivity index (χ0) is 16.3. The number of nitrogens with zero attached hydrogens (tertiary/aromatic N) is 1. The number of methoxy groups -OCH3 is 1. The number of nitrogens with one attached hydrogen (secondary N) is 1. The number of hydrogen-bond donors (Lipinski definition) is 1. The largest absolute Gasteiger partial charge is 0.382 e. The minimum Gasteiger partial charge on any atom is -0.382 e. The van der Waals surface area contributed by atoms with Crippen LogP contribution in [-0.2, 0) is 14.3 Å². The van der Waals surface area contributed by atoms with Gasteiger partial charge in [-0.25, -0.2) is 0 Å². The van der Waals surface area contributed by atoms with E-state index in [9.17, 15) is 0 Å². The highest BCUT2D eigenvalue weighted by molar-refractivity contribution is 5.44. The Kier molecular flexibility index (Phi) is 20.9. The molecule has 0 spiro atoms. The van der Waals surface area contributed by atoms with Gasteiger partial charge in [-0.1, -0.05) is 27.2 Å². The molecular weight excluding hydrogens is 268 g/mol. The zero-order valence-corrected chi connectivity index (χ0v) is 14.7. The molecule has 1 aliphatic rings. The Morgan fingerprint density at radius 1 is 1.19 bits per heavy atom. The smallest absolute Gasteiger partial charge is 0.206 e. The molecule has 1 amide bonds. The van der Waals surface area contributed by atoms with Gasteiger partial charge in [0.05, 0.1) is 19.8 Å². The molecule has 5 nitrogen and oxygen atoms in total. The normalized spacial score (nSPS) is 15.3. The third-order valence-electron chi connectivity index (χ3n) is 3.39. The zero-order valence-electron chi connectivity index (χ0n) is 14.7. The summed E-state index contributed by atoms with van der Waals surface area (Å²) in [5.41, 5.74) is 0. The van der Waals surface area contributed by atoms with Gasteiger partial charge in [0.2, 0.25) is 6.41 Å². The summed E-state index contributed by atoms with van der Waals surface area (Å²) >= 11 is 0. The first-order valence-corrected chi connectivity index (χ1v) is 8.18. The summed E-state index contributed by atoms with van der Waals surface area (Å²) in [5.74, 6) is 0.968. The standard InChI is InChI=1S/C12H25NO2.C2H5NO.C2H6/c1-3-12-4-6-13(7-5-12)8-9-15-11-10-14-2;1-3-2-4;1-2/h12H,3-11H2,1-2H3;2H,1H3,(H,3,4);1-2H3. The van der Waals surface area contributed by atoms with Gasteiger partial charge in [0, 0.05) is 20.7 Å². The van der Waals surface area contributed by atoms with Gasteiger partial charge in [0.1, 0.15) is 0 Å².